The van der Waals surface area contributed by atoms with E-state index in [0.29, 0.717) is 12.2 Å². The highest BCUT2D eigenvalue weighted by molar-refractivity contribution is 6.05. The zero-order valence-electron chi connectivity index (χ0n) is 10.0. The lowest BCUT2D eigenvalue weighted by atomic mass is 10.1. The summed E-state index contributed by atoms with van der Waals surface area (Å²) in [5.41, 5.74) is 0.617. The Hall–Kier alpha value is -1.75. The summed E-state index contributed by atoms with van der Waals surface area (Å²) in [5, 5.41) is 9.07. The molecule has 1 heterocycles. The van der Waals surface area contributed by atoms with Crippen molar-refractivity contribution in [2.75, 3.05) is 18.1 Å². The molecule has 1 aliphatic rings. The van der Waals surface area contributed by atoms with Gasteiger partial charge in [0.15, 0.2) is 5.78 Å². The maximum atomic E-state index is 13.1. The van der Waals surface area contributed by atoms with Crippen LogP contribution in [-0.4, -0.2) is 29.9 Å². The monoisotopic (exact) mass is 251 g/mol. The number of halogens is 1. The van der Waals surface area contributed by atoms with Crippen molar-refractivity contribution in [1.82, 2.24) is 0 Å². The molecule has 1 amide bonds. The first-order chi connectivity index (χ1) is 8.52. The molecule has 1 saturated heterocycles. The van der Waals surface area contributed by atoms with E-state index in [1.165, 1.54) is 24.0 Å². The molecule has 0 bridgehead atoms. The van der Waals surface area contributed by atoms with Crippen molar-refractivity contribution >= 4 is 17.4 Å². The molecule has 2 rings (SSSR count). The van der Waals surface area contributed by atoms with Gasteiger partial charge in [-0.05, 0) is 25.1 Å². The summed E-state index contributed by atoms with van der Waals surface area (Å²) in [6.07, 6.45) is 0.255. The van der Waals surface area contributed by atoms with Gasteiger partial charge in [-0.25, -0.2) is 4.39 Å². The van der Waals surface area contributed by atoms with Crippen LogP contribution in [0.25, 0.3) is 0 Å². The maximum absolute atomic E-state index is 13.1. The van der Waals surface area contributed by atoms with E-state index in [1.807, 2.05) is 0 Å². The Morgan fingerprint density at radius 1 is 1.56 bits per heavy atom. The summed E-state index contributed by atoms with van der Waals surface area (Å²) < 4.78 is 13.1. The Morgan fingerprint density at radius 3 is 2.83 bits per heavy atom. The van der Waals surface area contributed by atoms with Crippen molar-refractivity contribution < 1.29 is 19.1 Å². The third-order valence-corrected chi connectivity index (χ3v) is 3.09. The molecule has 0 spiro atoms. The third-order valence-electron chi connectivity index (χ3n) is 3.09. The quantitative estimate of drug-likeness (QED) is 0.825. The highest BCUT2D eigenvalue weighted by Gasteiger charge is 2.31. The van der Waals surface area contributed by atoms with Gasteiger partial charge >= 0.3 is 0 Å². The van der Waals surface area contributed by atoms with Crippen LogP contribution in [0.3, 0.4) is 0 Å². The molecule has 0 saturated carbocycles. The van der Waals surface area contributed by atoms with Crippen molar-refractivity contribution in [3.63, 3.8) is 0 Å². The number of aliphatic hydroxyl groups excluding tert-OH is 1. The molecule has 1 N–H and O–H groups in total. The van der Waals surface area contributed by atoms with Gasteiger partial charge in [-0.2, -0.15) is 0 Å². The number of carbonyl (C=O) groups is 2. The Bertz CT molecular complexity index is 501. The number of hydrogen-bond donors (Lipinski definition) is 1. The molecule has 5 heteroatoms. The minimum Gasteiger partial charge on any atom is -0.396 e. The van der Waals surface area contributed by atoms with E-state index in [-0.39, 0.29) is 36.2 Å². The first-order valence-electron chi connectivity index (χ1n) is 5.74. The van der Waals surface area contributed by atoms with Crippen LogP contribution in [0, 0.1) is 11.7 Å². The summed E-state index contributed by atoms with van der Waals surface area (Å²) in [7, 11) is 0. The van der Waals surface area contributed by atoms with Gasteiger partial charge in [-0.15, -0.1) is 0 Å². The summed E-state index contributed by atoms with van der Waals surface area (Å²) in [6, 6.07) is 3.79. The first kappa shape index (κ1) is 12.7. The maximum Gasteiger partial charge on any atom is 0.227 e. The van der Waals surface area contributed by atoms with Crippen LogP contribution < -0.4 is 4.90 Å². The number of hydrogen-bond acceptors (Lipinski definition) is 3. The van der Waals surface area contributed by atoms with Crippen LogP contribution in [0.4, 0.5) is 10.1 Å². The molecule has 96 valence electrons. The molecule has 1 unspecified atom stereocenters. The number of benzene rings is 1. The molecule has 1 fully saturated rings. The zero-order chi connectivity index (χ0) is 13.3. The van der Waals surface area contributed by atoms with E-state index in [1.54, 1.807) is 0 Å². The number of amides is 1. The van der Waals surface area contributed by atoms with E-state index in [2.05, 4.69) is 0 Å². The second-order valence-electron chi connectivity index (χ2n) is 4.47. The average Bonchev–Trinajstić information content (AvgIpc) is 2.70. The minimum absolute atomic E-state index is 0.0706. The lowest BCUT2D eigenvalue weighted by Gasteiger charge is -2.19. The van der Waals surface area contributed by atoms with E-state index >= 15 is 0 Å². The molecule has 0 radical (unpaired) electrons. The molecule has 18 heavy (non-hydrogen) atoms. The van der Waals surface area contributed by atoms with Gasteiger partial charge in [0, 0.05) is 31.1 Å². The van der Waals surface area contributed by atoms with Gasteiger partial charge in [0.25, 0.3) is 0 Å². The van der Waals surface area contributed by atoms with Crippen LogP contribution >= 0.6 is 0 Å². The first-order valence-corrected chi connectivity index (χ1v) is 5.74. The van der Waals surface area contributed by atoms with E-state index in [4.69, 9.17) is 5.11 Å². The Morgan fingerprint density at radius 2 is 2.28 bits per heavy atom. The molecule has 1 atom stereocenters. The number of anilines is 1. The molecule has 4 nitrogen and oxygen atoms in total. The van der Waals surface area contributed by atoms with Gasteiger partial charge in [0.2, 0.25) is 5.91 Å². The van der Waals surface area contributed by atoms with Crippen molar-refractivity contribution in [3.8, 4) is 0 Å². The lowest BCUT2D eigenvalue weighted by Crippen LogP contribution is -2.26. The fourth-order valence-electron chi connectivity index (χ4n) is 2.16. The van der Waals surface area contributed by atoms with E-state index < -0.39 is 5.82 Å². The Balaban J connectivity index is 2.39. The van der Waals surface area contributed by atoms with Crippen molar-refractivity contribution in [1.29, 1.82) is 0 Å². The highest BCUT2D eigenvalue weighted by atomic mass is 19.1. The minimum atomic E-state index is -0.505. The Labute approximate surface area is 104 Å². The molecule has 1 aliphatic heterocycles. The van der Waals surface area contributed by atoms with Crippen molar-refractivity contribution in [2.45, 2.75) is 13.3 Å². The fourth-order valence-corrected chi connectivity index (χ4v) is 2.16. The molecular formula is C13H14FNO3. The fraction of sp³-hybridized carbons (Fsp3) is 0.385. The largest absolute Gasteiger partial charge is 0.396 e. The van der Waals surface area contributed by atoms with Gasteiger partial charge in [-0.1, -0.05) is 0 Å². The average molecular weight is 251 g/mol. The number of ketones is 1. The summed E-state index contributed by atoms with van der Waals surface area (Å²) in [6.45, 7) is 1.63. The number of rotatable bonds is 3. The van der Waals surface area contributed by atoms with Gasteiger partial charge in [0.05, 0.1) is 5.69 Å². The predicted octanol–water partition coefficient (Wildman–Crippen LogP) is 1.37. The molecule has 0 aliphatic carbocycles. The highest BCUT2D eigenvalue weighted by Crippen LogP contribution is 2.28. The number of aliphatic hydroxyl groups is 1. The lowest BCUT2D eigenvalue weighted by molar-refractivity contribution is -0.117. The van der Waals surface area contributed by atoms with E-state index in [9.17, 15) is 14.0 Å². The molecule has 1 aromatic rings. The zero-order valence-corrected chi connectivity index (χ0v) is 10.0. The third kappa shape index (κ3) is 2.26. The second kappa shape index (κ2) is 4.86. The van der Waals surface area contributed by atoms with E-state index in [0.717, 1.165) is 6.07 Å². The number of carbonyl (C=O) groups excluding carboxylic acids is 2. The topological polar surface area (TPSA) is 57.6 Å². The van der Waals surface area contributed by atoms with Gasteiger partial charge in [-0.3, -0.25) is 9.59 Å². The van der Waals surface area contributed by atoms with Crippen molar-refractivity contribution in [2.24, 2.45) is 5.92 Å². The Kier molecular flexibility index (Phi) is 3.43. The van der Waals surface area contributed by atoms with Crippen LogP contribution in [0.15, 0.2) is 18.2 Å². The number of Topliss-reactive ketones (excluding diaryl/α,β-unsaturated/α-hetero) is 1. The number of nitrogens with zero attached hydrogens (tertiary/aromatic N) is 1. The van der Waals surface area contributed by atoms with Crippen LogP contribution in [0.1, 0.15) is 23.7 Å². The normalized spacial score (nSPS) is 19.4. The van der Waals surface area contributed by atoms with Gasteiger partial charge < -0.3 is 10.0 Å². The predicted molar refractivity (Wildman–Crippen MR) is 64.0 cm³/mol. The van der Waals surface area contributed by atoms with Crippen LogP contribution in [-0.2, 0) is 4.79 Å². The van der Waals surface area contributed by atoms with Gasteiger partial charge in [0.1, 0.15) is 5.82 Å². The smallest absolute Gasteiger partial charge is 0.227 e. The summed E-state index contributed by atoms with van der Waals surface area (Å²) in [4.78, 5) is 24.7. The van der Waals surface area contributed by atoms with Crippen LogP contribution in [0.5, 0.6) is 0 Å². The molecule has 1 aromatic carbocycles. The standard InChI is InChI=1S/C13H14FNO3/c1-8(17)11-5-10(14)2-3-12(11)15-6-9(7-16)4-13(15)18/h2-3,5,9,16H,4,6-7H2,1H3. The SMILES string of the molecule is CC(=O)c1cc(F)ccc1N1CC(CO)CC1=O. The summed E-state index contributed by atoms with van der Waals surface area (Å²) in [5.74, 6) is -1.07. The molecular weight excluding hydrogens is 237 g/mol. The molecule has 0 aromatic heterocycles. The summed E-state index contributed by atoms with van der Waals surface area (Å²) >= 11 is 0. The second-order valence-corrected chi connectivity index (χ2v) is 4.47. The van der Waals surface area contributed by atoms with Crippen LogP contribution in [0.2, 0.25) is 0 Å². The van der Waals surface area contributed by atoms with Crippen molar-refractivity contribution in [3.05, 3.63) is 29.6 Å².